The summed E-state index contributed by atoms with van der Waals surface area (Å²) < 4.78 is 0. The maximum absolute atomic E-state index is 10.5. The Morgan fingerprint density at radius 3 is 2.56 bits per heavy atom. The molecule has 2 atom stereocenters. The van der Waals surface area contributed by atoms with Crippen molar-refractivity contribution in [3.05, 3.63) is 54.1 Å². The Balaban J connectivity index is 2.07. The summed E-state index contributed by atoms with van der Waals surface area (Å²) in [6.45, 7) is 4.37. The van der Waals surface area contributed by atoms with Crippen LogP contribution in [0.4, 0.5) is 0 Å². The van der Waals surface area contributed by atoms with Gasteiger partial charge in [-0.25, -0.2) is 0 Å². The van der Waals surface area contributed by atoms with Crippen LogP contribution < -0.4 is 0 Å². The molecule has 18 heavy (non-hydrogen) atoms. The molecule has 0 radical (unpaired) electrons. The van der Waals surface area contributed by atoms with Crippen molar-refractivity contribution >= 4 is 5.57 Å². The maximum atomic E-state index is 10.5. The van der Waals surface area contributed by atoms with Gasteiger partial charge >= 0.3 is 0 Å². The summed E-state index contributed by atoms with van der Waals surface area (Å²) in [6.07, 6.45) is 8.86. The average molecular weight is 242 g/mol. The van der Waals surface area contributed by atoms with Crippen molar-refractivity contribution in [3.63, 3.8) is 0 Å². The van der Waals surface area contributed by atoms with Crippen LogP contribution >= 0.6 is 0 Å². The molecule has 1 aliphatic carbocycles. The second-order valence-corrected chi connectivity index (χ2v) is 5.38. The van der Waals surface area contributed by atoms with Gasteiger partial charge in [-0.3, -0.25) is 0 Å². The third kappa shape index (κ3) is 3.11. The molecule has 0 aromatic heterocycles. The number of hydrogen-bond acceptors (Lipinski definition) is 1. The molecule has 0 bridgehead atoms. The van der Waals surface area contributed by atoms with Gasteiger partial charge in [0.2, 0.25) is 0 Å². The smallest absolute Gasteiger partial charge is 0.0868 e. The van der Waals surface area contributed by atoms with Crippen LogP contribution in [0.1, 0.15) is 38.7 Å². The quantitative estimate of drug-likeness (QED) is 0.839. The van der Waals surface area contributed by atoms with E-state index in [0.717, 1.165) is 19.3 Å². The Morgan fingerprint density at radius 2 is 2.00 bits per heavy atom. The van der Waals surface area contributed by atoms with Crippen LogP contribution in [0.5, 0.6) is 0 Å². The number of allylic oxidation sites excluding steroid dienone is 2. The summed E-state index contributed by atoms with van der Waals surface area (Å²) in [6, 6.07) is 10.3. The van der Waals surface area contributed by atoms with Crippen LogP contribution in [0, 0.1) is 5.92 Å². The second kappa shape index (κ2) is 5.53. The fourth-order valence-corrected chi connectivity index (χ4v) is 2.41. The molecule has 0 saturated carbocycles. The maximum Gasteiger partial charge on any atom is 0.0868 e. The lowest BCUT2D eigenvalue weighted by atomic mass is 9.82. The Hall–Kier alpha value is -1.34. The second-order valence-electron chi connectivity index (χ2n) is 5.38. The molecule has 0 heterocycles. The molecule has 0 aliphatic heterocycles. The highest BCUT2D eigenvalue weighted by Crippen LogP contribution is 2.31. The summed E-state index contributed by atoms with van der Waals surface area (Å²) >= 11 is 0. The first kappa shape index (κ1) is 13.1. The largest absolute Gasteiger partial charge is 0.385 e. The third-order valence-electron chi connectivity index (χ3n) is 3.75. The molecule has 1 N–H and O–H groups in total. The van der Waals surface area contributed by atoms with Gasteiger partial charge in [0, 0.05) is 0 Å². The van der Waals surface area contributed by atoms with Gasteiger partial charge in [-0.15, -0.1) is 0 Å². The van der Waals surface area contributed by atoms with Gasteiger partial charge in [-0.05, 0) is 29.9 Å². The van der Waals surface area contributed by atoms with Crippen LogP contribution in [0.2, 0.25) is 0 Å². The van der Waals surface area contributed by atoms with Crippen LogP contribution in [0.3, 0.4) is 0 Å². The topological polar surface area (TPSA) is 20.2 Å². The highest BCUT2D eigenvalue weighted by Gasteiger charge is 2.26. The van der Waals surface area contributed by atoms with Gasteiger partial charge < -0.3 is 5.11 Å². The van der Waals surface area contributed by atoms with Crippen molar-refractivity contribution in [1.29, 1.82) is 0 Å². The van der Waals surface area contributed by atoms with E-state index in [4.69, 9.17) is 0 Å². The van der Waals surface area contributed by atoms with Gasteiger partial charge in [0.05, 0.1) is 5.60 Å². The van der Waals surface area contributed by atoms with Crippen molar-refractivity contribution in [2.75, 3.05) is 0 Å². The molecule has 2 rings (SSSR count). The minimum atomic E-state index is -0.645. The van der Waals surface area contributed by atoms with E-state index in [-0.39, 0.29) is 0 Å². The van der Waals surface area contributed by atoms with Crippen LogP contribution in [0.15, 0.2) is 48.6 Å². The van der Waals surface area contributed by atoms with E-state index in [1.807, 2.05) is 24.3 Å². The molecular weight excluding hydrogens is 220 g/mol. The molecule has 0 saturated heterocycles. The molecule has 0 amide bonds. The van der Waals surface area contributed by atoms with Crippen molar-refractivity contribution < 1.29 is 5.11 Å². The SMILES string of the molecule is CCC(C)CC1(O)C=CC(c2ccccc2)=CC1. The van der Waals surface area contributed by atoms with Crippen molar-refractivity contribution in [2.24, 2.45) is 5.92 Å². The van der Waals surface area contributed by atoms with Crippen LogP contribution in [0.25, 0.3) is 5.57 Å². The van der Waals surface area contributed by atoms with E-state index in [2.05, 4.69) is 38.1 Å². The molecule has 0 fully saturated rings. The number of benzene rings is 1. The van der Waals surface area contributed by atoms with E-state index < -0.39 is 5.60 Å². The lowest BCUT2D eigenvalue weighted by Gasteiger charge is -2.29. The summed E-state index contributed by atoms with van der Waals surface area (Å²) in [7, 11) is 0. The minimum Gasteiger partial charge on any atom is -0.385 e. The monoisotopic (exact) mass is 242 g/mol. The molecule has 1 nitrogen and oxygen atoms in total. The van der Waals surface area contributed by atoms with E-state index in [0.29, 0.717) is 5.92 Å². The molecule has 0 spiro atoms. The molecule has 96 valence electrons. The van der Waals surface area contributed by atoms with E-state index in [1.54, 1.807) is 0 Å². The lowest BCUT2D eigenvalue weighted by molar-refractivity contribution is 0.0670. The minimum absolute atomic E-state index is 0.561. The Kier molecular flexibility index (Phi) is 4.03. The fraction of sp³-hybridized carbons (Fsp3) is 0.412. The van der Waals surface area contributed by atoms with Gasteiger partial charge in [0.1, 0.15) is 0 Å². The van der Waals surface area contributed by atoms with Crippen LogP contribution in [-0.2, 0) is 0 Å². The zero-order chi connectivity index (χ0) is 13.0. The molecule has 1 aliphatic rings. The highest BCUT2D eigenvalue weighted by molar-refractivity contribution is 5.75. The first-order chi connectivity index (χ1) is 8.63. The Bertz CT molecular complexity index is 444. The normalized spacial score (nSPS) is 24.7. The molecule has 1 aromatic rings. The number of aliphatic hydroxyl groups is 1. The van der Waals surface area contributed by atoms with Crippen molar-refractivity contribution in [3.8, 4) is 0 Å². The van der Waals surface area contributed by atoms with Gasteiger partial charge in [0.25, 0.3) is 0 Å². The van der Waals surface area contributed by atoms with Gasteiger partial charge in [-0.1, -0.05) is 68.8 Å². The zero-order valence-corrected chi connectivity index (χ0v) is 11.3. The summed E-state index contributed by atoms with van der Waals surface area (Å²) in [5.41, 5.74) is 1.79. The Morgan fingerprint density at radius 1 is 1.28 bits per heavy atom. The molecule has 2 unspecified atom stereocenters. The average Bonchev–Trinajstić information content (AvgIpc) is 2.40. The molecule has 1 aromatic carbocycles. The standard InChI is InChI=1S/C17H22O/c1-3-14(2)13-17(18)11-9-16(10-12-17)15-7-5-4-6-8-15/h4-11,14,18H,3,12-13H2,1-2H3. The third-order valence-corrected chi connectivity index (χ3v) is 3.75. The van der Waals surface area contributed by atoms with Crippen molar-refractivity contribution in [2.45, 2.75) is 38.7 Å². The highest BCUT2D eigenvalue weighted by atomic mass is 16.3. The van der Waals surface area contributed by atoms with E-state index in [1.165, 1.54) is 11.1 Å². The number of hydrogen-bond donors (Lipinski definition) is 1. The van der Waals surface area contributed by atoms with Crippen molar-refractivity contribution in [1.82, 2.24) is 0 Å². The summed E-state index contributed by atoms with van der Waals surface area (Å²) in [4.78, 5) is 0. The summed E-state index contributed by atoms with van der Waals surface area (Å²) in [5.74, 6) is 0.561. The first-order valence-electron chi connectivity index (χ1n) is 6.80. The molecule has 1 heteroatoms. The first-order valence-corrected chi connectivity index (χ1v) is 6.80. The van der Waals surface area contributed by atoms with Crippen LogP contribution in [-0.4, -0.2) is 10.7 Å². The Labute approximate surface area is 110 Å². The van der Waals surface area contributed by atoms with Gasteiger partial charge in [0.15, 0.2) is 0 Å². The molecular formula is C17H22O. The van der Waals surface area contributed by atoms with E-state index >= 15 is 0 Å². The number of rotatable bonds is 4. The lowest BCUT2D eigenvalue weighted by Crippen LogP contribution is -2.29. The predicted molar refractivity (Wildman–Crippen MR) is 77.2 cm³/mol. The van der Waals surface area contributed by atoms with Gasteiger partial charge in [-0.2, -0.15) is 0 Å². The van der Waals surface area contributed by atoms with E-state index in [9.17, 15) is 5.11 Å². The fourth-order valence-electron chi connectivity index (χ4n) is 2.41. The predicted octanol–water partition coefficient (Wildman–Crippen LogP) is 4.20. The summed E-state index contributed by atoms with van der Waals surface area (Å²) in [5, 5.41) is 10.5. The zero-order valence-electron chi connectivity index (χ0n) is 11.3.